The van der Waals surface area contributed by atoms with Gasteiger partial charge in [-0.2, -0.15) is 0 Å². The lowest BCUT2D eigenvalue weighted by molar-refractivity contribution is 1.01. The standard InChI is InChI=1S/C23H18N2O/c1-15-11-13-16(14-12-15)25-22-19-9-5-6-10-20(19)24(2)21(22)17-7-3-4-8-18(17)23(25)26/h3-14H,1-2H3. The van der Waals surface area contributed by atoms with Gasteiger partial charge in [-0.05, 0) is 31.2 Å². The van der Waals surface area contributed by atoms with Crippen molar-refractivity contribution < 1.29 is 0 Å². The van der Waals surface area contributed by atoms with Crippen LogP contribution >= 0.6 is 0 Å². The first-order valence-corrected chi connectivity index (χ1v) is 8.75. The van der Waals surface area contributed by atoms with Crippen molar-refractivity contribution in [2.24, 2.45) is 7.05 Å². The zero-order valence-corrected chi connectivity index (χ0v) is 14.7. The Hall–Kier alpha value is -3.33. The van der Waals surface area contributed by atoms with Crippen LogP contribution in [0.4, 0.5) is 0 Å². The van der Waals surface area contributed by atoms with Crippen LogP contribution in [0.25, 0.3) is 38.4 Å². The largest absolute Gasteiger partial charge is 0.342 e. The van der Waals surface area contributed by atoms with Gasteiger partial charge in [0, 0.05) is 28.9 Å². The van der Waals surface area contributed by atoms with Crippen molar-refractivity contribution in [3.05, 3.63) is 88.7 Å². The molecule has 0 aliphatic heterocycles. The number of para-hydroxylation sites is 1. The third-order valence-corrected chi connectivity index (χ3v) is 5.21. The first kappa shape index (κ1) is 15.0. The molecule has 0 radical (unpaired) electrons. The predicted molar refractivity (Wildman–Crippen MR) is 108 cm³/mol. The molecule has 0 fully saturated rings. The summed E-state index contributed by atoms with van der Waals surface area (Å²) in [5, 5.41) is 2.83. The number of aromatic nitrogens is 2. The van der Waals surface area contributed by atoms with E-state index in [1.54, 1.807) is 0 Å². The Morgan fingerprint density at radius 1 is 0.692 bits per heavy atom. The monoisotopic (exact) mass is 338 g/mol. The van der Waals surface area contributed by atoms with Crippen molar-refractivity contribution in [2.45, 2.75) is 6.92 Å². The average molecular weight is 338 g/mol. The van der Waals surface area contributed by atoms with Crippen LogP contribution in [0.3, 0.4) is 0 Å². The molecule has 2 heterocycles. The molecule has 0 saturated carbocycles. The van der Waals surface area contributed by atoms with Gasteiger partial charge in [0.2, 0.25) is 0 Å². The van der Waals surface area contributed by atoms with E-state index in [2.05, 4.69) is 30.7 Å². The maximum absolute atomic E-state index is 13.4. The Morgan fingerprint density at radius 2 is 1.31 bits per heavy atom. The summed E-state index contributed by atoms with van der Waals surface area (Å²) < 4.78 is 4.05. The molecule has 0 atom stereocenters. The first-order valence-electron chi connectivity index (χ1n) is 8.75. The van der Waals surface area contributed by atoms with Gasteiger partial charge in [-0.15, -0.1) is 0 Å². The van der Waals surface area contributed by atoms with Crippen molar-refractivity contribution in [3.63, 3.8) is 0 Å². The van der Waals surface area contributed by atoms with E-state index >= 15 is 0 Å². The Morgan fingerprint density at radius 3 is 2.04 bits per heavy atom. The molecule has 0 N–H and O–H groups in total. The quantitative estimate of drug-likeness (QED) is 0.425. The van der Waals surface area contributed by atoms with Crippen LogP contribution in [0.1, 0.15) is 5.56 Å². The van der Waals surface area contributed by atoms with Crippen LogP contribution in [0, 0.1) is 6.92 Å². The second-order valence-corrected chi connectivity index (χ2v) is 6.80. The van der Waals surface area contributed by atoms with Crippen molar-refractivity contribution in [3.8, 4) is 5.69 Å². The SMILES string of the molecule is Cc1ccc(-n2c(=O)c3ccccc3c3c2c2ccccc2n3C)cc1. The lowest BCUT2D eigenvalue weighted by Gasteiger charge is -2.12. The van der Waals surface area contributed by atoms with Gasteiger partial charge in [0.1, 0.15) is 0 Å². The van der Waals surface area contributed by atoms with Crippen LogP contribution in [-0.2, 0) is 7.05 Å². The molecule has 0 aliphatic carbocycles. The molecule has 2 aromatic heterocycles. The predicted octanol–water partition coefficient (Wildman–Crippen LogP) is 4.94. The second-order valence-electron chi connectivity index (χ2n) is 6.80. The fraction of sp³-hybridized carbons (Fsp3) is 0.0870. The number of pyridine rings is 1. The molecule has 5 aromatic rings. The highest BCUT2D eigenvalue weighted by Gasteiger charge is 2.18. The molecular formula is C23H18N2O. The zero-order valence-electron chi connectivity index (χ0n) is 14.7. The van der Waals surface area contributed by atoms with Crippen molar-refractivity contribution in [1.29, 1.82) is 0 Å². The maximum atomic E-state index is 13.4. The summed E-state index contributed by atoms with van der Waals surface area (Å²) in [5.74, 6) is 0. The molecule has 0 bridgehead atoms. The Labute approximate surface area is 150 Å². The van der Waals surface area contributed by atoms with E-state index < -0.39 is 0 Å². The molecule has 3 nitrogen and oxygen atoms in total. The summed E-state index contributed by atoms with van der Waals surface area (Å²) in [5.41, 5.74) is 5.27. The van der Waals surface area contributed by atoms with Gasteiger partial charge >= 0.3 is 0 Å². The molecule has 3 aromatic carbocycles. The minimum Gasteiger partial charge on any atom is -0.342 e. The van der Waals surface area contributed by atoms with E-state index in [1.807, 2.05) is 65.2 Å². The van der Waals surface area contributed by atoms with Gasteiger partial charge in [-0.1, -0.05) is 54.1 Å². The van der Waals surface area contributed by atoms with Gasteiger partial charge in [0.25, 0.3) is 5.56 Å². The smallest absolute Gasteiger partial charge is 0.263 e. The van der Waals surface area contributed by atoms with Crippen molar-refractivity contribution in [2.75, 3.05) is 0 Å². The van der Waals surface area contributed by atoms with E-state index in [0.29, 0.717) is 0 Å². The van der Waals surface area contributed by atoms with Gasteiger partial charge in [0.05, 0.1) is 16.6 Å². The topological polar surface area (TPSA) is 26.9 Å². The summed E-state index contributed by atoms with van der Waals surface area (Å²) in [6.45, 7) is 2.06. The molecule has 5 rings (SSSR count). The molecule has 26 heavy (non-hydrogen) atoms. The van der Waals surface area contributed by atoms with Crippen molar-refractivity contribution in [1.82, 2.24) is 9.13 Å². The highest BCUT2D eigenvalue weighted by atomic mass is 16.1. The number of aryl methyl sites for hydroxylation is 2. The lowest BCUT2D eigenvalue weighted by Crippen LogP contribution is -2.19. The van der Waals surface area contributed by atoms with E-state index in [0.717, 1.165) is 38.4 Å². The van der Waals surface area contributed by atoms with E-state index in [9.17, 15) is 4.79 Å². The van der Waals surface area contributed by atoms with Crippen molar-refractivity contribution >= 4 is 32.7 Å². The highest BCUT2D eigenvalue weighted by Crippen LogP contribution is 2.33. The highest BCUT2D eigenvalue weighted by molar-refractivity contribution is 6.16. The number of nitrogens with zero attached hydrogens (tertiary/aromatic N) is 2. The van der Waals surface area contributed by atoms with E-state index in [-0.39, 0.29) is 5.56 Å². The van der Waals surface area contributed by atoms with Crippen LogP contribution in [-0.4, -0.2) is 9.13 Å². The Bertz CT molecular complexity index is 1350. The van der Waals surface area contributed by atoms with Crippen LogP contribution in [0.15, 0.2) is 77.6 Å². The molecule has 0 saturated heterocycles. The number of benzene rings is 3. The summed E-state index contributed by atoms with van der Waals surface area (Å²) in [6, 6.07) is 24.3. The molecule has 0 unspecified atom stereocenters. The molecule has 0 aliphatic rings. The minimum atomic E-state index is 0.0216. The third kappa shape index (κ3) is 1.91. The lowest BCUT2D eigenvalue weighted by atomic mass is 10.1. The number of fused-ring (bicyclic) bond motifs is 5. The Balaban J connectivity index is 2.13. The molecule has 0 amide bonds. The maximum Gasteiger partial charge on any atom is 0.263 e. The number of hydrogen-bond donors (Lipinski definition) is 0. The average Bonchev–Trinajstić information content (AvgIpc) is 2.97. The van der Waals surface area contributed by atoms with Gasteiger partial charge in [-0.3, -0.25) is 9.36 Å². The van der Waals surface area contributed by atoms with Gasteiger partial charge < -0.3 is 4.57 Å². The summed E-state index contributed by atoms with van der Waals surface area (Å²) >= 11 is 0. The Kier molecular flexibility index (Phi) is 3.07. The molecule has 0 spiro atoms. The van der Waals surface area contributed by atoms with Crippen LogP contribution < -0.4 is 5.56 Å². The summed E-state index contributed by atoms with van der Waals surface area (Å²) in [7, 11) is 2.07. The third-order valence-electron chi connectivity index (χ3n) is 5.21. The summed E-state index contributed by atoms with van der Waals surface area (Å²) in [6.07, 6.45) is 0. The van der Waals surface area contributed by atoms with Crippen LogP contribution in [0.5, 0.6) is 0 Å². The fourth-order valence-electron chi connectivity index (χ4n) is 3.95. The minimum absolute atomic E-state index is 0.0216. The molecular weight excluding hydrogens is 320 g/mol. The van der Waals surface area contributed by atoms with Crippen LogP contribution in [0.2, 0.25) is 0 Å². The second kappa shape index (κ2) is 5.33. The number of hydrogen-bond acceptors (Lipinski definition) is 1. The van der Waals surface area contributed by atoms with E-state index in [4.69, 9.17) is 0 Å². The fourth-order valence-corrected chi connectivity index (χ4v) is 3.95. The van der Waals surface area contributed by atoms with Gasteiger partial charge in [0.15, 0.2) is 0 Å². The van der Waals surface area contributed by atoms with E-state index in [1.165, 1.54) is 5.56 Å². The zero-order chi connectivity index (χ0) is 17.8. The normalized spacial score (nSPS) is 11.6. The molecule has 126 valence electrons. The molecule has 3 heteroatoms. The number of rotatable bonds is 1. The first-order chi connectivity index (χ1) is 12.7. The summed E-state index contributed by atoms with van der Waals surface area (Å²) in [4.78, 5) is 13.4. The van der Waals surface area contributed by atoms with Gasteiger partial charge in [-0.25, -0.2) is 0 Å².